The van der Waals surface area contributed by atoms with Crippen LogP contribution in [0.25, 0.3) is 0 Å². The number of nitrogens with zero attached hydrogens (tertiary/aromatic N) is 1. The van der Waals surface area contributed by atoms with Gasteiger partial charge in [0.05, 0.1) is 13.7 Å². The Hall–Kier alpha value is -3.62. The lowest BCUT2D eigenvalue weighted by molar-refractivity contribution is 0.131. The number of hydrogen-bond acceptors (Lipinski definition) is 7. The van der Waals surface area contributed by atoms with Crippen LogP contribution in [-0.4, -0.2) is 46.4 Å². The Bertz CT molecular complexity index is 1130. The third-order valence-corrected chi connectivity index (χ3v) is 5.75. The van der Waals surface area contributed by atoms with Gasteiger partial charge >= 0.3 is 0 Å². The molecule has 0 radical (unpaired) electrons. The number of para-hydroxylation sites is 1. The average Bonchev–Trinajstić information content (AvgIpc) is 2.91. The number of likely N-dealkylation sites (N-methyl/N-ethyl adjacent to an activating group) is 1. The second-order valence-corrected chi connectivity index (χ2v) is 8.00. The highest BCUT2D eigenvalue weighted by Crippen LogP contribution is 2.39. The minimum absolute atomic E-state index is 0.196. The first kappa shape index (κ1) is 27.0. The van der Waals surface area contributed by atoms with Crippen molar-refractivity contribution in [3.05, 3.63) is 89.4 Å². The zero-order valence-electron chi connectivity index (χ0n) is 21.5. The van der Waals surface area contributed by atoms with Gasteiger partial charge in [-0.1, -0.05) is 36.4 Å². The van der Waals surface area contributed by atoms with Gasteiger partial charge in [-0.3, -0.25) is 10.3 Å². The van der Waals surface area contributed by atoms with Crippen LogP contribution in [0, 0.1) is 5.82 Å². The molecule has 1 aliphatic heterocycles. The Balaban J connectivity index is 1.83. The van der Waals surface area contributed by atoms with Gasteiger partial charge in [-0.25, -0.2) is 4.39 Å². The van der Waals surface area contributed by atoms with Gasteiger partial charge in [0.15, 0.2) is 11.5 Å². The summed E-state index contributed by atoms with van der Waals surface area (Å²) >= 11 is 0. The largest absolute Gasteiger partial charge is 0.493 e. The first-order valence-corrected chi connectivity index (χ1v) is 11.9. The summed E-state index contributed by atoms with van der Waals surface area (Å²) in [5.74, 6) is 0.995. The zero-order valence-corrected chi connectivity index (χ0v) is 21.5. The van der Waals surface area contributed by atoms with E-state index in [0.717, 1.165) is 16.8 Å². The number of rotatable bonds is 11. The molecule has 0 saturated carbocycles. The van der Waals surface area contributed by atoms with E-state index in [4.69, 9.17) is 14.2 Å². The topological polar surface area (TPSA) is 76.1 Å². The smallest absolute Gasteiger partial charge is 0.164 e. The number of methoxy groups -OCH3 is 2. The third kappa shape index (κ3) is 6.53. The monoisotopic (exact) mass is 494 g/mol. The van der Waals surface area contributed by atoms with Gasteiger partial charge in [0.25, 0.3) is 0 Å². The molecule has 0 aliphatic carbocycles. The number of nitrogens with one attached hydrogen (secondary N) is 3. The second kappa shape index (κ2) is 13.5. The number of hydrogen-bond donors (Lipinski definition) is 3. The first-order chi connectivity index (χ1) is 17.6. The van der Waals surface area contributed by atoms with Crippen molar-refractivity contribution in [1.29, 1.82) is 0 Å². The lowest BCUT2D eigenvalue weighted by Crippen LogP contribution is -2.38. The number of ether oxygens (including phenoxy) is 3. The summed E-state index contributed by atoms with van der Waals surface area (Å²) in [6.45, 7) is 4.55. The van der Waals surface area contributed by atoms with Crippen LogP contribution in [0.2, 0.25) is 0 Å². The molecule has 0 spiro atoms. The molecule has 2 atom stereocenters. The molecule has 8 heteroatoms. The van der Waals surface area contributed by atoms with Crippen LogP contribution < -0.4 is 25.4 Å². The van der Waals surface area contributed by atoms with Gasteiger partial charge in [0, 0.05) is 30.0 Å². The average molecular weight is 495 g/mol. The lowest BCUT2D eigenvalue weighted by Gasteiger charge is -2.26. The number of benzene rings is 2. The maximum atomic E-state index is 15.5. The Morgan fingerprint density at radius 2 is 1.89 bits per heavy atom. The number of allylic oxidation sites excluding steroid dienone is 2. The molecule has 36 heavy (non-hydrogen) atoms. The highest BCUT2D eigenvalue weighted by Gasteiger charge is 2.28. The summed E-state index contributed by atoms with van der Waals surface area (Å²) in [5, 5.41) is 9.68. The van der Waals surface area contributed by atoms with Crippen LogP contribution in [0.3, 0.4) is 0 Å². The molecule has 2 unspecified atom stereocenters. The number of aliphatic imine (C=N–C) groups is 1. The number of amidine groups is 1. The fraction of sp³-hybridized carbons (Fsp3) is 0.321. The molecule has 2 aromatic carbocycles. The van der Waals surface area contributed by atoms with Crippen molar-refractivity contribution >= 4 is 11.5 Å². The summed E-state index contributed by atoms with van der Waals surface area (Å²) in [7, 11) is 4.92. The molecular formula is C28H35FN4O3. The van der Waals surface area contributed by atoms with Gasteiger partial charge in [-0.05, 0) is 50.9 Å². The third-order valence-electron chi connectivity index (χ3n) is 5.75. The second-order valence-electron chi connectivity index (χ2n) is 8.00. The molecule has 2 aromatic rings. The van der Waals surface area contributed by atoms with Crippen LogP contribution in [0.1, 0.15) is 25.5 Å². The van der Waals surface area contributed by atoms with E-state index < -0.39 is 11.9 Å². The summed E-state index contributed by atoms with van der Waals surface area (Å²) < 4.78 is 32.8. The normalized spacial score (nSPS) is 16.3. The molecule has 0 fully saturated rings. The van der Waals surface area contributed by atoms with Crippen LogP contribution in [0.4, 0.5) is 10.1 Å². The predicted molar refractivity (Wildman–Crippen MR) is 143 cm³/mol. The molecule has 1 aliphatic rings. The van der Waals surface area contributed by atoms with Crippen molar-refractivity contribution in [2.24, 2.45) is 4.99 Å². The van der Waals surface area contributed by atoms with E-state index in [1.165, 1.54) is 13.2 Å². The maximum Gasteiger partial charge on any atom is 0.164 e. The van der Waals surface area contributed by atoms with Gasteiger partial charge < -0.3 is 24.8 Å². The molecule has 3 N–H and O–H groups in total. The van der Waals surface area contributed by atoms with Gasteiger partial charge in [0.1, 0.15) is 30.5 Å². The van der Waals surface area contributed by atoms with E-state index in [9.17, 15) is 0 Å². The van der Waals surface area contributed by atoms with E-state index in [2.05, 4.69) is 20.9 Å². The highest BCUT2D eigenvalue weighted by atomic mass is 19.1. The van der Waals surface area contributed by atoms with E-state index in [-0.39, 0.29) is 12.8 Å². The summed E-state index contributed by atoms with van der Waals surface area (Å²) in [4.78, 5) is 4.53. The Morgan fingerprint density at radius 3 is 2.53 bits per heavy atom. The van der Waals surface area contributed by atoms with Crippen LogP contribution >= 0.6 is 0 Å². The molecule has 0 saturated heterocycles. The van der Waals surface area contributed by atoms with Gasteiger partial charge in [-0.15, -0.1) is 0 Å². The van der Waals surface area contributed by atoms with Crippen molar-refractivity contribution < 1.29 is 18.6 Å². The fourth-order valence-corrected chi connectivity index (χ4v) is 3.96. The van der Waals surface area contributed by atoms with Crippen LogP contribution in [0.15, 0.2) is 83.0 Å². The van der Waals surface area contributed by atoms with Gasteiger partial charge in [-0.2, -0.15) is 0 Å². The number of halogens is 1. The van der Waals surface area contributed by atoms with Crippen molar-refractivity contribution in [3.8, 4) is 11.5 Å². The van der Waals surface area contributed by atoms with E-state index in [1.54, 1.807) is 13.2 Å². The molecule has 192 valence electrons. The minimum atomic E-state index is -0.651. The Morgan fingerprint density at radius 1 is 1.11 bits per heavy atom. The van der Waals surface area contributed by atoms with Crippen LogP contribution in [0.5, 0.6) is 11.5 Å². The van der Waals surface area contributed by atoms with Crippen LogP contribution in [-0.2, 0) is 4.74 Å². The molecule has 0 aromatic heterocycles. The summed E-state index contributed by atoms with van der Waals surface area (Å²) in [6.07, 6.45) is 6.75. The van der Waals surface area contributed by atoms with E-state index >= 15 is 4.39 Å². The van der Waals surface area contributed by atoms with E-state index in [0.29, 0.717) is 29.4 Å². The zero-order chi connectivity index (χ0) is 25.9. The Labute approximate surface area is 212 Å². The Kier molecular flexibility index (Phi) is 10.1. The van der Waals surface area contributed by atoms with Crippen molar-refractivity contribution in [2.45, 2.75) is 26.1 Å². The molecule has 3 rings (SSSR count). The maximum absolute atomic E-state index is 15.5. The number of anilines is 1. The SMILES string of the molecule is C/C=C\NC1=NCC=C(C(OC)c2cc(OC)c(OCC(NC)Nc3ccccc3)cc2F)/C1=C/C. The predicted octanol–water partition coefficient (Wildman–Crippen LogP) is 4.97. The summed E-state index contributed by atoms with van der Waals surface area (Å²) in [6, 6.07) is 12.8. The van der Waals surface area contributed by atoms with Crippen molar-refractivity contribution in [3.63, 3.8) is 0 Å². The van der Waals surface area contributed by atoms with E-state index in [1.807, 2.05) is 75.7 Å². The van der Waals surface area contributed by atoms with Gasteiger partial charge in [0.2, 0.25) is 0 Å². The quantitative estimate of drug-likeness (QED) is 0.383. The lowest BCUT2D eigenvalue weighted by atomic mass is 9.91. The minimum Gasteiger partial charge on any atom is -0.493 e. The number of dihydropyridines is 1. The first-order valence-electron chi connectivity index (χ1n) is 11.9. The molecule has 0 bridgehead atoms. The standard InChI is InChI=1S/C28H35FN4O3/c1-6-14-31-28-20(7-2)21(13-15-32-28)27(35-5)22-16-24(34-4)25(17-23(22)29)36-18-26(30-3)33-19-11-9-8-10-12-19/h6-14,16-17,26-27,30,33H,15,18H2,1-5H3,(H,31,32)/b14-6-,20-7-. The van der Waals surface area contributed by atoms with Crippen molar-refractivity contribution in [2.75, 3.05) is 39.7 Å². The summed E-state index contributed by atoms with van der Waals surface area (Å²) in [5.41, 5.74) is 2.99. The fourth-order valence-electron chi connectivity index (χ4n) is 3.96. The van der Waals surface area contributed by atoms with Crippen molar-refractivity contribution in [1.82, 2.24) is 10.6 Å². The molecular weight excluding hydrogens is 459 g/mol. The molecule has 1 heterocycles. The molecule has 0 amide bonds. The highest BCUT2D eigenvalue weighted by molar-refractivity contribution is 6.03. The molecule has 7 nitrogen and oxygen atoms in total.